The van der Waals surface area contributed by atoms with E-state index in [1.165, 1.54) is 0 Å². The van der Waals surface area contributed by atoms with E-state index in [1.807, 2.05) is 48.2 Å². The van der Waals surface area contributed by atoms with Gasteiger partial charge in [-0.2, -0.15) is 0 Å². The van der Waals surface area contributed by atoms with E-state index in [-0.39, 0.29) is 5.91 Å². The van der Waals surface area contributed by atoms with Crippen LogP contribution < -0.4 is 10.6 Å². The highest BCUT2D eigenvalue weighted by atomic mass is 32.1. The summed E-state index contributed by atoms with van der Waals surface area (Å²) >= 11 is 4.92. The molecule has 0 aromatic heterocycles. The molecule has 1 heterocycles. The van der Waals surface area contributed by atoms with Crippen LogP contribution >= 0.6 is 12.2 Å². The number of carbonyl (C=O) groups is 1. The first-order chi connectivity index (χ1) is 9.97. The largest absolute Gasteiger partial charge is 0.392 e. The molecule has 0 atom stereocenters. The van der Waals surface area contributed by atoms with Crippen molar-refractivity contribution < 1.29 is 4.79 Å². The summed E-state index contributed by atoms with van der Waals surface area (Å²) in [4.78, 5) is 19.0. The normalized spacial score (nSPS) is 15.8. The molecule has 1 aliphatic heterocycles. The Labute approximate surface area is 131 Å². The molecule has 1 amide bonds. The van der Waals surface area contributed by atoms with Gasteiger partial charge in [0.1, 0.15) is 0 Å². The van der Waals surface area contributed by atoms with Gasteiger partial charge in [0.25, 0.3) is 5.91 Å². The molecular formula is C15H22N4OS. The van der Waals surface area contributed by atoms with E-state index in [9.17, 15) is 4.79 Å². The van der Waals surface area contributed by atoms with Gasteiger partial charge in [-0.05, 0) is 24.3 Å². The SMILES string of the molecule is CN(C)c1ccc(C(=O)N2CCN(CC(N)=S)CC2)cc1. The highest BCUT2D eigenvalue weighted by Gasteiger charge is 2.22. The first kappa shape index (κ1) is 15.7. The second-order valence-electron chi connectivity index (χ2n) is 5.48. The smallest absolute Gasteiger partial charge is 0.253 e. The summed E-state index contributed by atoms with van der Waals surface area (Å²) in [5.41, 5.74) is 7.38. The number of thiocarbonyl (C=S) groups is 1. The van der Waals surface area contributed by atoms with Crippen LogP contribution in [0.4, 0.5) is 5.69 Å². The van der Waals surface area contributed by atoms with Crippen LogP contribution in [0.15, 0.2) is 24.3 Å². The van der Waals surface area contributed by atoms with Crippen molar-refractivity contribution in [1.29, 1.82) is 0 Å². The van der Waals surface area contributed by atoms with E-state index in [0.717, 1.165) is 37.4 Å². The van der Waals surface area contributed by atoms with Crippen molar-refractivity contribution in [2.24, 2.45) is 5.73 Å². The van der Waals surface area contributed by atoms with Crippen molar-refractivity contribution >= 4 is 28.8 Å². The van der Waals surface area contributed by atoms with Crippen molar-refractivity contribution in [3.8, 4) is 0 Å². The molecule has 0 aliphatic carbocycles. The fourth-order valence-corrected chi connectivity index (χ4v) is 2.60. The third-order valence-electron chi connectivity index (χ3n) is 3.67. The molecular weight excluding hydrogens is 284 g/mol. The monoisotopic (exact) mass is 306 g/mol. The molecule has 1 aliphatic rings. The fraction of sp³-hybridized carbons (Fsp3) is 0.467. The molecule has 1 fully saturated rings. The second kappa shape index (κ2) is 6.87. The Hall–Kier alpha value is -1.66. The minimum absolute atomic E-state index is 0.0929. The van der Waals surface area contributed by atoms with Gasteiger partial charge >= 0.3 is 0 Å². The molecule has 2 rings (SSSR count). The average molecular weight is 306 g/mol. The Morgan fingerprint density at radius 1 is 1.19 bits per heavy atom. The van der Waals surface area contributed by atoms with E-state index in [2.05, 4.69) is 4.90 Å². The first-order valence-corrected chi connectivity index (χ1v) is 7.45. The fourth-order valence-electron chi connectivity index (χ4n) is 2.41. The van der Waals surface area contributed by atoms with E-state index in [4.69, 9.17) is 18.0 Å². The third kappa shape index (κ3) is 4.15. The summed E-state index contributed by atoms with van der Waals surface area (Å²) in [6.07, 6.45) is 0. The molecule has 0 unspecified atom stereocenters. The van der Waals surface area contributed by atoms with Gasteiger partial charge in [0.05, 0.1) is 4.99 Å². The van der Waals surface area contributed by atoms with Crippen molar-refractivity contribution in [3.05, 3.63) is 29.8 Å². The van der Waals surface area contributed by atoms with Gasteiger partial charge < -0.3 is 15.5 Å². The van der Waals surface area contributed by atoms with Gasteiger partial charge in [0, 0.05) is 58.1 Å². The van der Waals surface area contributed by atoms with Crippen LogP contribution in [0.3, 0.4) is 0 Å². The van der Waals surface area contributed by atoms with E-state index in [1.54, 1.807) is 0 Å². The number of benzene rings is 1. The van der Waals surface area contributed by atoms with E-state index >= 15 is 0 Å². The Kier molecular flexibility index (Phi) is 5.14. The van der Waals surface area contributed by atoms with Crippen LogP contribution in [-0.2, 0) is 0 Å². The second-order valence-corrected chi connectivity index (χ2v) is 6.00. The van der Waals surface area contributed by atoms with Gasteiger partial charge in [-0.3, -0.25) is 9.69 Å². The van der Waals surface area contributed by atoms with E-state index < -0.39 is 0 Å². The van der Waals surface area contributed by atoms with Crippen LogP contribution in [-0.4, -0.2) is 67.5 Å². The number of carbonyl (C=O) groups excluding carboxylic acids is 1. The first-order valence-electron chi connectivity index (χ1n) is 7.04. The maximum atomic E-state index is 12.5. The lowest BCUT2D eigenvalue weighted by molar-refractivity contribution is 0.0654. The number of piperazine rings is 1. The van der Waals surface area contributed by atoms with Crippen molar-refractivity contribution in [2.75, 3.05) is 51.7 Å². The topological polar surface area (TPSA) is 52.8 Å². The van der Waals surface area contributed by atoms with Crippen LogP contribution in [0.25, 0.3) is 0 Å². The molecule has 21 heavy (non-hydrogen) atoms. The zero-order chi connectivity index (χ0) is 15.4. The van der Waals surface area contributed by atoms with Crippen LogP contribution in [0, 0.1) is 0 Å². The standard InChI is InChI=1S/C15H22N4OS/c1-17(2)13-5-3-12(4-6-13)15(20)19-9-7-18(8-10-19)11-14(16)21/h3-6H,7-11H2,1-2H3,(H2,16,21). The van der Waals surface area contributed by atoms with Crippen LogP contribution in [0.2, 0.25) is 0 Å². The summed E-state index contributed by atoms with van der Waals surface area (Å²) in [5, 5.41) is 0. The predicted molar refractivity (Wildman–Crippen MR) is 89.9 cm³/mol. The van der Waals surface area contributed by atoms with E-state index in [0.29, 0.717) is 11.5 Å². The summed E-state index contributed by atoms with van der Waals surface area (Å²) in [5.74, 6) is 0.0929. The number of nitrogens with two attached hydrogens (primary N) is 1. The number of nitrogens with zero attached hydrogens (tertiary/aromatic N) is 3. The maximum absolute atomic E-state index is 12.5. The summed E-state index contributed by atoms with van der Waals surface area (Å²) in [7, 11) is 3.97. The quantitative estimate of drug-likeness (QED) is 0.834. The lowest BCUT2D eigenvalue weighted by Crippen LogP contribution is -2.50. The number of anilines is 1. The molecule has 6 heteroatoms. The Bertz CT molecular complexity index is 507. The van der Waals surface area contributed by atoms with Gasteiger partial charge in [-0.25, -0.2) is 0 Å². The zero-order valence-corrected chi connectivity index (χ0v) is 13.4. The Morgan fingerprint density at radius 2 is 1.76 bits per heavy atom. The molecule has 0 radical (unpaired) electrons. The highest BCUT2D eigenvalue weighted by Crippen LogP contribution is 2.14. The number of hydrogen-bond donors (Lipinski definition) is 1. The molecule has 114 valence electrons. The molecule has 1 saturated heterocycles. The minimum atomic E-state index is 0.0929. The highest BCUT2D eigenvalue weighted by molar-refractivity contribution is 7.80. The minimum Gasteiger partial charge on any atom is -0.392 e. The lowest BCUT2D eigenvalue weighted by Gasteiger charge is -2.34. The summed E-state index contributed by atoms with van der Waals surface area (Å²) in [6.45, 7) is 3.71. The number of rotatable bonds is 4. The van der Waals surface area contributed by atoms with Crippen molar-refractivity contribution in [3.63, 3.8) is 0 Å². The summed E-state index contributed by atoms with van der Waals surface area (Å²) in [6, 6.07) is 7.71. The van der Waals surface area contributed by atoms with Gasteiger partial charge in [-0.15, -0.1) is 0 Å². The van der Waals surface area contributed by atoms with Crippen molar-refractivity contribution in [1.82, 2.24) is 9.80 Å². The van der Waals surface area contributed by atoms with Gasteiger partial charge in [-0.1, -0.05) is 12.2 Å². The van der Waals surface area contributed by atoms with Gasteiger partial charge in [0.15, 0.2) is 0 Å². The molecule has 0 bridgehead atoms. The van der Waals surface area contributed by atoms with Crippen molar-refractivity contribution in [2.45, 2.75) is 0 Å². The molecule has 2 N–H and O–H groups in total. The zero-order valence-electron chi connectivity index (χ0n) is 12.6. The van der Waals surface area contributed by atoms with Crippen LogP contribution in [0.5, 0.6) is 0 Å². The lowest BCUT2D eigenvalue weighted by atomic mass is 10.1. The molecule has 1 aromatic carbocycles. The maximum Gasteiger partial charge on any atom is 0.253 e. The Morgan fingerprint density at radius 3 is 2.24 bits per heavy atom. The Balaban J connectivity index is 1.94. The average Bonchev–Trinajstić information content (AvgIpc) is 2.47. The number of hydrogen-bond acceptors (Lipinski definition) is 4. The van der Waals surface area contributed by atoms with Gasteiger partial charge in [0.2, 0.25) is 0 Å². The predicted octanol–water partition coefficient (Wildman–Crippen LogP) is 0.797. The molecule has 1 aromatic rings. The number of amides is 1. The summed E-state index contributed by atoms with van der Waals surface area (Å²) < 4.78 is 0. The molecule has 5 nitrogen and oxygen atoms in total. The van der Waals surface area contributed by atoms with Crippen LogP contribution in [0.1, 0.15) is 10.4 Å². The third-order valence-corrected chi connectivity index (χ3v) is 3.80. The molecule has 0 spiro atoms. The molecule has 0 saturated carbocycles.